The lowest BCUT2D eigenvalue weighted by atomic mass is 10.1. The Kier molecular flexibility index (Phi) is 7.48. The van der Waals surface area contributed by atoms with Gasteiger partial charge in [0.2, 0.25) is 18.6 Å². The molecule has 1 fully saturated rings. The van der Waals surface area contributed by atoms with E-state index in [0.29, 0.717) is 28.7 Å². The van der Waals surface area contributed by atoms with E-state index in [1.54, 1.807) is 30.3 Å². The van der Waals surface area contributed by atoms with Gasteiger partial charge in [0.25, 0.3) is 5.91 Å². The molecule has 35 heavy (non-hydrogen) atoms. The van der Waals surface area contributed by atoms with E-state index in [1.165, 1.54) is 20.3 Å². The minimum absolute atomic E-state index is 0.0434. The van der Waals surface area contributed by atoms with Gasteiger partial charge in [-0.3, -0.25) is 19.7 Å². The predicted molar refractivity (Wildman–Crippen MR) is 127 cm³/mol. The highest BCUT2D eigenvalue weighted by molar-refractivity contribution is 8.00. The van der Waals surface area contributed by atoms with Crippen LogP contribution in [0.3, 0.4) is 0 Å². The maximum atomic E-state index is 12.7. The van der Waals surface area contributed by atoms with Crippen molar-refractivity contribution in [1.29, 1.82) is 0 Å². The summed E-state index contributed by atoms with van der Waals surface area (Å²) in [4.78, 5) is 37.6. The summed E-state index contributed by atoms with van der Waals surface area (Å²) in [5.74, 6) is 0.823. The van der Waals surface area contributed by atoms with E-state index in [-0.39, 0.29) is 24.0 Å². The van der Waals surface area contributed by atoms with Crippen LogP contribution in [-0.4, -0.2) is 62.2 Å². The Labute approximate surface area is 205 Å². The van der Waals surface area contributed by atoms with Crippen molar-refractivity contribution < 1.29 is 33.3 Å². The van der Waals surface area contributed by atoms with Crippen molar-refractivity contribution in [3.8, 4) is 23.0 Å². The highest BCUT2D eigenvalue weighted by Crippen LogP contribution is 2.34. The summed E-state index contributed by atoms with van der Waals surface area (Å²) in [6, 6.07) is 8.72. The Morgan fingerprint density at radius 2 is 1.89 bits per heavy atom. The second kappa shape index (κ2) is 10.7. The van der Waals surface area contributed by atoms with Crippen molar-refractivity contribution in [3.05, 3.63) is 42.0 Å². The number of fused-ring (bicyclic) bond motifs is 1. The van der Waals surface area contributed by atoms with Crippen LogP contribution in [0.15, 0.2) is 36.4 Å². The van der Waals surface area contributed by atoms with Gasteiger partial charge in [-0.1, -0.05) is 0 Å². The lowest BCUT2D eigenvalue weighted by molar-refractivity contribution is -0.125. The molecule has 0 bridgehead atoms. The fraction of sp³-hybridized carbons (Fsp3) is 0.318. The molecule has 2 aromatic carbocycles. The zero-order valence-electron chi connectivity index (χ0n) is 19.0. The first kappa shape index (κ1) is 24.4. The summed E-state index contributed by atoms with van der Waals surface area (Å²) in [7, 11) is 2.95. The molecular formula is C22H25N5O7S. The number of nitrogens with one attached hydrogen (secondary N) is 4. The Hall–Kier alpha value is -3.68. The molecular weight excluding hydrogens is 478 g/mol. The van der Waals surface area contributed by atoms with Crippen molar-refractivity contribution in [2.75, 3.05) is 32.1 Å². The fourth-order valence-electron chi connectivity index (χ4n) is 3.47. The van der Waals surface area contributed by atoms with E-state index in [1.807, 2.05) is 0 Å². The number of nitrogens with two attached hydrogens (primary N) is 1. The minimum atomic E-state index is -1.02. The Balaban J connectivity index is 1.28. The van der Waals surface area contributed by atoms with Gasteiger partial charge in [-0.2, -0.15) is 0 Å². The van der Waals surface area contributed by atoms with E-state index in [2.05, 4.69) is 21.3 Å². The Morgan fingerprint density at radius 3 is 2.63 bits per heavy atom. The van der Waals surface area contributed by atoms with Gasteiger partial charge in [-0.25, -0.2) is 0 Å². The smallest absolute Gasteiger partial charge is 0.252 e. The molecule has 2 aliphatic rings. The molecule has 2 heterocycles. The third-order valence-corrected chi connectivity index (χ3v) is 6.24. The molecule has 0 saturated carbocycles. The number of thioether (sulfide) groups is 1. The van der Waals surface area contributed by atoms with E-state index < -0.39 is 29.5 Å². The topological polar surface area (TPSA) is 162 Å². The summed E-state index contributed by atoms with van der Waals surface area (Å²) >= 11 is 1.15. The molecule has 13 heteroatoms. The number of amides is 3. The van der Waals surface area contributed by atoms with Crippen LogP contribution in [-0.2, 0) is 9.59 Å². The number of benzene rings is 2. The number of methoxy groups -OCH3 is 2. The highest BCUT2D eigenvalue weighted by Gasteiger charge is 2.35. The van der Waals surface area contributed by atoms with E-state index in [0.717, 1.165) is 11.8 Å². The van der Waals surface area contributed by atoms with Crippen LogP contribution in [0.1, 0.15) is 10.4 Å². The Morgan fingerprint density at radius 1 is 1.11 bits per heavy atom. The maximum Gasteiger partial charge on any atom is 0.252 e. The maximum absolute atomic E-state index is 12.7. The van der Waals surface area contributed by atoms with Gasteiger partial charge in [-0.15, -0.1) is 11.8 Å². The molecule has 1 saturated heterocycles. The lowest BCUT2D eigenvalue weighted by Gasteiger charge is -2.35. The molecule has 3 unspecified atom stereocenters. The molecule has 3 amide bonds. The first-order valence-corrected chi connectivity index (χ1v) is 11.6. The van der Waals surface area contributed by atoms with Crippen LogP contribution in [0.25, 0.3) is 0 Å². The second-order valence-electron chi connectivity index (χ2n) is 7.53. The highest BCUT2D eigenvalue weighted by atomic mass is 32.2. The van der Waals surface area contributed by atoms with Crippen molar-refractivity contribution in [3.63, 3.8) is 0 Å². The summed E-state index contributed by atoms with van der Waals surface area (Å²) < 4.78 is 20.9. The third-order valence-electron chi connectivity index (χ3n) is 5.23. The average molecular weight is 504 g/mol. The number of hydrogen-bond acceptors (Lipinski definition) is 10. The molecule has 6 N–H and O–H groups in total. The molecule has 186 valence electrons. The number of carbonyl (C=O) groups is 3. The van der Waals surface area contributed by atoms with Crippen molar-refractivity contribution in [1.82, 2.24) is 16.0 Å². The van der Waals surface area contributed by atoms with E-state index in [9.17, 15) is 14.4 Å². The summed E-state index contributed by atoms with van der Waals surface area (Å²) in [6.07, 6.45) is -0.873. The van der Waals surface area contributed by atoms with Crippen molar-refractivity contribution >= 4 is 35.2 Å². The predicted octanol–water partition coefficient (Wildman–Crippen LogP) is 0.191. The van der Waals surface area contributed by atoms with Crippen LogP contribution < -0.4 is 45.9 Å². The molecule has 2 aromatic rings. The van der Waals surface area contributed by atoms with E-state index >= 15 is 0 Å². The van der Waals surface area contributed by atoms with Gasteiger partial charge in [0.1, 0.15) is 11.5 Å². The van der Waals surface area contributed by atoms with Crippen molar-refractivity contribution in [2.45, 2.75) is 17.7 Å². The van der Waals surface area contributed by atoms with Crippen LogP contribution in [0.5, 0.6) is 23.0 Å². The van der Waals surface area contributed by atoms with Crippen molar-refractivity contribution in [2.24, 2.45) is 5.73 Å². The quantitative estimate of drug-likeness (QED) is 0.336. The van der Waals surface area contributed by atoms with Gasteiger partial charge in [0.05, 0.1) is 26.1 Å². The molecule has 4 rings (SSSR count). The molecule has 12 nitrogen and oxygen atoms in total. The van der Waals surface area contributed by atoms with Gasteiger partial charge >= 0.3 is 0 Å². The molecule has 0 aromatic heterocycles. The monoisotopic (exact) mass is 503 g/mol. The molecule has 0 radical (unpaired) electrons. The normalized spacial score (nSPS) is 20.5. The number of anilines is 1. The van der Waals surface area contributed by atoms with Gasteiger partial charge in [-0.05, 0) is 30.3 Å². The van der Waals surface area contributed by atoms with E-state index in [4.69, 9.17) is 24.7 Å². The van der Waals surface area contributed by atoms with Gasteiger partial charge < -0.3 is 40.6 Å². The zero-order valence-corrected chi connectivity index (χ0v) is 19.8. The largest absolute Gasteiger partial charge is 0.493 e. The molecule has 2 aliphatic heterocycles. The van der Waals surface area contributed by atoms with Crippen LogP contribution >= 0.6 is 11.8 Å². The first-order chi connectivity index (χ1) is 16.9. The van der Waals surface area contributed by atoms with Crippen LogP contribution in [0.2, 0.25) is 0 Å². The average Bonchev–Trinajstić information content (AvgIpc) is 3.32. The zero-order chi connectivity index (χ0) is 24.9. The van der Waals surface area contributed by atoms with Gasteiger partial charge in [0.15, 0.2) is 23.0 Å². The number of hydrogen-bond donors (Lipinski definition) is 5. The van der Waals surface area contributed by atoms with Gasteiger partial charge in [0, 0.05) is 17.3 Å². The Bertz CT molecular complexity index is 1130. The lowest BCUT2D eigenvalue weighted by Crippen LogP contribution is -2.70. The number of rotatable bonds is 8. The molecule has 0 aliphatic carbocycles. The molecule has 3 atom stereocenters. The first-order valence-electron chi connectivity index (χ1n) is 10.5. The number of ether oxygens (including phenoxy) is 4. The summed E-state index contributed by atoms with van der Waals surface area (Å²) in [6.45, 7) is 0.144. The molecule has 0 spiro atoms. The summed E-state index contributed by atoms with van der Waals surface area (Å²) in [5.41, 5.74) is 6.32. The van der Waals surface area contributed by atoms with Crippen LogP contribution in [0.4, 0.5) is 5.69 Å². The minimum Gasteiger partial charge on any atom is -0.493 e. The SMILES string of the molecule is COc1ccc(C(=O)NC2C(=O)NC(SCC(=O)Nc3ccc4c(c3)OCO4)NC2N)cc1OC. The van der Waals surface area contributed by atoms with Crippen LogP contribution in [0, 0.1) is 0 Å². The number of carbonyl (C=O) groups excluding carboxylic acids is 3. The second-order valence-corrected chi connectivity index (χ2v) is 8.62. The standard InChI is InChI=1S/C22H25N5O7S/c1-31-13-5-3-11(7-15(13)32-2)20(29)25-18-19(23)26-22(27-21(18)30)35-9-17(28)24-12-4-6-14-16(8-12)34-10-33-14/h3-8,18-19,22,26H,9-10,23H2,1-2H3,(H,24,28)(H,25,29)(H,27,30). The third kappa shape index (κ3) is 5.70. The fourth-order valence-corrected chi connectivity index (χ4v) is 4.32. The summed E-state index contributed by atoms with van der Waals surface area (Å²) in [5, 5.41) is 11.1.